The first-order valence-electron chi connectivity index (χ1n) is 8.94. The van der Waals surface area contributed by atoms with Crippen LogP contribution in [0.2, 0.25) is 0 Å². The summed E-state index contributed by atoms with van der Waals surface area (Å²) in [6, 6.07) is 14.9. The molecule has 2 amide bonds. The predicted octanol–water partition coefficient (Wildman–Crippen LogP) is 3.63. The highest BCUT2D eigenvalue weighted by Gasteiger charge is 2.11. The molecular weight excluding hydrogens is 420 g/mol. The second-order valence-corrected chi connectivity index (χ2v) is 7.28. The Labute approximate surface area is 172 Å². The first kappa shape index (κ1) is 19.8. The van der Waals surface area contributed by atoms with Crippen molar-refractivity contribution in [1.29, 1.82) is 0 Å². The molecule has 0 spiro atoms. The largest absolute Gasteiger partial charge is 0.352 e. The number of rotatable bonds is 7. The predicted molar refractivity (Wildman–Crippen MR) is 111 cm³/mol. The Kier molecular flexibility index (Phi) is 6.60. The Hall–Kier alpha value is -2.93. The molecule has 0 aliphatic rings. The number of benzene rings is 2. The highest BCUT2D eigenvalue weighted by atomic mass is 79.9. The van der Waals surface area contributed by atoms with E-state index in [9.17, 15) is 9.59 Å². The van der Waals surface area contributed by atoms with Gasteiger partial charge in [0, 0.05) is 41.1 Å². The molecule has 1 atom stereocenters. The number of imidazole rings is 1. The number of halogens is 1. The van der Waals surface area contributed by atoms with Crippen LogP contribution in [0.15, 0.2) is 71.7 Å². The molecule has 0 saturated carbocycles. The normalized spacial score (nSPS) is 11.6. The van der Waals surface area contributed by atoms with E-state index in [0.717, 1.165) is 15.7 Å². The third-order valence-corrected chi connectivity index (χ3v) is 4.85. The Bertz CT molecular complexity index is 922. The molecule has 0 aliphatic carbocycles. The van der Waals surface area contributed by atoms with Crippen LogP contribution in [-0.4, -0.2) is 27.9 Å². The van der Waals surface area contributed by atoms with E-state index in [4.69, 9.17) is 0 Å². The Balaban J connectivity index is 1.45. The van der Waals surface area contributed by atoms with E-state index in [-0.39, 0.29) is 30.8 Å². The van der Waals surface area contributed by atoms with E-state index in [1.54, 1.807) is 36.8 Å². The van der Waals surface area contributed by atoms with Crippen LogP contribution in [0.3, 0.4) is 0 Å². The smallest absolute Gasteiger partial charge is 0.251 e. The monoisotopic (exact) mass is 440 g/mol. The lowest BCUT2D eigenvalue weighted by Gasteiger charge is -2.15. The molecule has 2 aromatic carbocycles. The van der Waals surface area contributed by atoms with Crippen LogP contribution in [-0.2, 0) is 4.79 Å². The van der Waals surface area contributed by atoms with Crippen molar-refractivity contribution in [3.05, 3.63) is 82.9 Å². The second kappa shape index (κ2) is 9.32. The number of hydrogen-bond donors (Lipinski definition) is 2. The molecule has 1 aromatic heterocycles. The lowest BCUT2D eigenvalue weighted by Crippen LogP contribution is -2.32. The number of carbonyl (C=O) groups excluding carboxylic acids is 2. The molecule has 0 aliphatic heterocycles. The minimum Gasteiger partial charge on any atom is -0.352 e. The number of nitrogens with zero attached hydrogens (tertiary/aromatic N) is 2. The molecule has 0 fully saturated rings. The lowest BCUT2D eigenvalue weighted by molar-refractivity contribution is -0.121. The first-order valence-corrected chi connectivity index (χ1v) is 9.73. The van der Waals surface area contributed by atoms with Crippen molar-refractivity contribution in [3.63, 3.8) is 0 Å². The molecule has 3 aromatic rings. The summed E-state index contributed by atoms with van der Waals surface area (Å²) in [6.07, 6.45) is 5.57. The first-order chi connectivity index (χ1) is 13.5. The maximum Gasteiger partial charge on any atom is 0.251 e. The van der Waals surface area contributed by atoms with E-state index in [0.29, 0.717) is 5.56 Å². The number of amides is 2. The number of aromatic nitrogens is 2. The van der Waals surface area contributed by atoms with Crippen molar-refractivity contribution in [2.45, 2.75) is 19.4 Å². The second-order valence-electron chi connectivity index (χ2n) is 6.36. The SMILES string of the molecule is C[C@@H](NC(=O)CCNC(=O)c1ccc(Br)cc1)c1ccc(-n2ccnc2)cc1. The molecule has 0 unspecified atom stereocenters. The van der Waals surface area contributed by atoms with Crippen molar-refractivity contribution in [3.8, 4) is 5.69 Å². The van der Waals surface area contributed by atoms with Gasteiger partial charge in [-0.3, -0.25) is 9.59 Å². The van der Waals surface area contributed by atoms with Gasteiger partial charge in [-0.1, -0.05) is 28.1 Å². The van der Waals surface area contributed by atoms with E-state index in [1.807, 2.05) is 42.0 Å². The van der Waals surface area contributed by atoms with Gasteiger partial charge < -0.3 is 15.2 Å². The Morgan fingerprint density at radius 3 is 2.46 bits per heavy atom. The molecule has 0 bridgehead atoms. The summed E-state index contributed by atoms with van der Waals surface area (Å²) in [6.45, 7) is 2.22. The van der Waals surface area contributed by atoms with Crippen LogP contribution in [0, 0.1) is 0 Å². The van der Waals surface area contributed by atoms with Crippen LogP contribution in [0.4, 0.5) is 0 Å². The van der Waals surface area contributed by atoms with Gasteiger partial charge in [-0.05, 0) is 48.9 Å². The third-order valence-electron chi connectivity index (χ3n) is 4.32. The zero-order valence-corrected chi connectivity index (χ0v) is 17.0. The van der Waals surface area contributed by atoms with Crippen LogP contribution >= 0.6 is 15.9 Å². The van der Waals surface area contributed by atoms with Gasteiger partial charge in [-0.2, -0.15) is 0 Å². The van der Waals surface area contributed by atoms with Gasteiger partial charge in [0.25, 0.3) is 5.91 Å². The summed E-state index contributed by atoms with van der Waals surface area (Å²) < 4.78 is 2.83. The fraction of sp³-hybridized carbons (Fsp3) is 0.190. The van der Waals surface area contributed by atoms with Crippen LogP contribution in [0.5, 0.6) is 0 Å². The standard InChI is InChI=1S/C21H21BrN4O2/c1-15(16-4-8-19(9-5-16)26-13-12-23-14-26)25-20(27)10-11-24-21(28)17-2-6-18(22)7-3-17/h2-9,12-15H,10-11H2,1H3,(H,24,28)(H,25,27)/t15-/m1/s1. The molecule has 7 heteroatoms. The summed E-state index contributed by atoms with van der Waals surface area (Å²) in [5, 5.41) is 5.72. The summed E-state index contributed by atoms with van der Waals surface area (Å²) in [4.78, 5) is 28.2. The zero-order valence-electron chi connectivity index (χ0n) is 15.4. The fourth-order valence-electron chi connectivity index (χ4n) is 2.74. The molecule has 28 heavy (non-hydrogen) atoms. The Morgan fingerprint density at radius 1 is 1.11 bits per heavy atom. The molecule has 6 nitrogen and oxygen atoms in total. The molecule has 0 saturated heterocycles. The van der Waals surface area contributed by atoms with Crippen molar-refractivity contribution >= 4 is 27.7 Å². The molecule has 144 valence electrons. The van der Waals surface area contributed by atoms with Gasteiger partial charge in [0.1, 0.15) is 0 Å². The zero-order chi connectivity index (χ0) is 19.9. The summed E-state index contributed by atoms with van der Waals surface area (Å²) in [5.41, 5.74) is 2.58. The Morgan fingerprint density at radius 2 is 1.82 bits per heavy atom. The van der Waals surface area contributed by atoms with Crippen molar-refractivity contribution < 1.29 is 9.59 Å². The maximum atomic E-state index is 12.2. The van der Waals surface area contributed by atoms with Gasteiger partial charge in [0.05, 0.1) is 12.4 Å². The van der Waals surface area contributed by atoms with Gasteiger partial charge in [0.2, 0.25) is 5.91 Å². The van der Waals surface area contributed by atoms with E-state index >= 15 is 0 Å². The van der Waals surface area contributed by atoms with Gasteiger partial charge in [0.15, 0.2) is 0 Å². The molecule has 0 radical (unpaired) electrons. The van der Waals surface area contributed by atoms with Gasteiger partial charge >= 0.3 is 0 Å². The van der Waals surface area contributed by atoms with Gasteiger partial charge in [-0.25, -0.2) is 4.98 Å². The van der Waals surface area contributed by atoms with E-state index in [2.05, 4.69) is 31.5 Å². The minimum atomic E-state index is -0.191. The average Bonchev–Trinajstić information content (AvgIpc) is 3.23. The third kappa shape index (κ3) is 5.29. The average molecular weight is 441 g/mol. The number of nitrogens with one attached hydrogen (secondary N) is 2. The quantitative estimate of drug-likeness (QED) is 0.588. The molecule has 2 N–H and O–H groups in total. The number of hydrogen-bond acceptors (Lipinski definition) is 3. The minimum absolute atomic E-state index is 0.109. The maximum absolute atomic E-state index is 12.2. The highest BCUT2D eigenvalue weighted by molar-refractivity contribution is 9.10. The molecular formula is C21H21BrN4O2. The molecule has 1 heterocycles. The fourth-order valence-corrected chi connectivity index (χ4v) is 3.00. The lowest BCUT2D eigenvalue weighted by atomic mass is 10.1. The van der Waals surface area contributed by atoms with Crippen molar-refractivity contribution in [2.75, 3.05) is 6.54 Å². The van der Waals surface area contributed by atoms with Crippen LogP contribution in [0.1, 0.15) is 35.3 Å². The van der Waals surface area contributed by atoms with E-state index < -0.39 is 0 Å². The highest BCUT2D eigenvalue weighted by Crippen LogP contribution is 2.16. The number of carbonyl (C=O) groups is 2. The van der Waals surface area contributed by atoms with Crippen molar-refractivity contribution in [2.24, 2.45) is 0 Å². The van der Waals surface area contributed by atoms with Crippen LogP contribution in [0.25, 0.3) is 5.69 Å². The van der Waals surface area contributed by atoms with Crippen molar-refractivity contribution in [1.82, 2.24) is 20.2 Å². The molecule has 3 rings (SSSR count). The summed E-state index contributed by atoms with van der Waals surface area (Å²) >= 11 is 3.33. The topological polar surface area (TPSA) is 76.0 Å². The summed E-state index contributed by atoms with van der Waals surface area (Å²) in [5.74, 6) is -0.300. The van der Waals surface area contributed by atoms with Crippen LogP contribution < -0.4 is 10.6 Å². The summed E-state index contributed by atoms with van der Waals surface area (Å²) in [7, 11) is 0. The van der Waals surface area contributed by atoms with Gasteiger partial charge in [-0.15, -0.1) is 0 Å². The van der Waals surface area contributed by atoms with E-state index in [1.165, 1.54) is 0 Å².